The Kier molecular flexibility index (Phi) is 4.06. The molecule has 0 aliphatic carbocycles. The molecule has 0 unspecified atom stereocenters. The third-order valence-electron chi connectivity index (χ3n) is 3.16. The zero-order valence-corrected chi connectivity index (χ0v) is 13.1. The monoisotopic (exact) mass is 318 g/mol. The van der Waals surface area contributed by atoms with Crippen LogP contribution in [-0.2, 0) is 9.84 Å². The molecule has 7 heteroatoms. The predicted octanol–water partition coefficient (Wildman–Crippen LogP) is 1.63. The Labute approximate surface area is 127 Å². The maximum Gasteiger partial charge on any atom is 0.266 e. The van der Waals surface area contributed by atoms with Gasteiger partial charge in [-0.3, -0.25) is 4.79 Å². The smallest absolute Gasteiger partial charge is 0.266 e. The van der Waals surface area contributed by atoms with E-state index in [1.165, 1.54) is 19.2 Å². The van der Waals surface area contributed by atoms with E-state index in [1.807, 2.05) is 6.07 Å². The maximum atomic E-state index is 12.0. The molecule has 1 aromatic carbocycles. The highest BCUT2D eigenvalue weighted by Gasteiger charge is 2.20. The Bertz CT molecular complexity index is 937. The summed E-state index contributed by atoms with van der Waals surface area (Å²) in [5.74, 6) is 0.379. The molecule has 0 radical (unpaired) electrons. The van der Waals surface area contributed by atoms with E-state index in [2.05, 4.69) is 4.98 Å². The first-order valence-electron chi connectivity index (χ1n) is 6.30. The zero-order valence-electron chi connectivity index (χ0n) is 12.3. The van der Waals surface area contributed by atoms with E-state index in [0.29, 0.717) is 17.0 Å². The van der Waals surface area contributed by atoms with E-state index >= 15 is 0 Å². The van der Waals surface area contributed by atoms with Crippen molar-refractivity contribution in [2.75, 3.05) is 13.4 Å². The number of methoxy groups -OCH3 is 1. The molecule has 0 amide bonds. The number of aryl methyl sites for hydroxylation is 1. The van der Waals surface area contributed by atoms with Gasteiger partial charge in [-0.2, -0.15) is 5.26 Å². The van der Waals surface area contributed by atoms with E-state index in [1.54, 1.807) is 19.1 Å². The van der Waals surface area contributed by atoms with Crippen LogP contribution in [0.15, 0.2) is 34.0 Å². The summed E-state index contributed by atoms with van der Waals surface area (Å²) in [6, 6.07) is 7.90. The Hall–Kier alpha value is -2.59. The summed E-state index contributed by atoms with van der Waals surface area (Å²) in [6.07, 6.45) is 1.07. The van der Waals surface area contributed by atoms with Crippen molar-refractivity contribution >= 4 is 9.84 Å². The van der Waals surface area contributed by atoms with Crippen molar-refractivity contribution in [2.24, 2.45) is 0 Å². The summed E-state index contributed by atoms with van der Waals surface area (Å²) in [6.45, 7) is 1.66. The number of nitrogens with zero attached hydrogens (tertiary/aromatic N) is 1. The number of aromatic amines is 1. The average molecular weight is 318 g/mol. The lowest BCUT2D eigenvalue weighted by Crippen LogP contribution is -2.13. The topological polar surface area (TPSA) is 100 Å². The zero-order chi connectivity index (χ0) is 16.5. The molecule has 2 rings (SSSR count). The molecule has 1 heterocycles. The van der Waals surface area contributed by atoms with Gasteiger partial charge in [0.25, 0.3) is 5.56 Å². The molecule has 0 spiro atoms. The van der Waals surface area contributed by atoms with Gasteiger partial charge in [-0.25, -0.2) is 8.42 Å². The van der Waals surface area contributed by atoms with Gasteiger partial charge in [0, 0.05) is 23.1 Å². The van der Waals surface area contributed by atoms with Gasteiger partial charge >= 0.3 is 0 Å². The van der Waals surface area contributed by atoms with Crippen LogP contribution in [0.1, 0.15) is 11.3 Å². The summed E-state index contributed by atoms with van der Waals surface area (Å²) in [5, 5.41) is 9.20. The second-order valence-electron chi connectivity index (χ2n) is 4.82. The van der Waals surface area contributed by atoms with Gasteiger partial charge in [-0.15, -0.1) is 0 Å². The molecule has 0 fully saturated rings. The first-order valence-corrected chi connectivity index (χ1v) is 8.19. The van der Waals surface area contributed by atoms with Crippen LogP contribution in [0.3, 0.4) is 0 Å². The van der Waals surface area contributed by atoms with Crippen molar-refractivity contribution in [2.45, 2.75) is 11.8 Å². The summed E-state index contributed by atoms with van der Waals surface area (Å²) in [4.78, 5) is 14.4. The molecule has 0 aliphatic rings. The van der Waals surface area contributed by atoms with Crippen molar-refractivity contribution in [1.82, 2.24) is 4.98 Å². The molecular formula is C15H14N2O4S. The fraction of sp³-hybridized carbons (Fsp3) is 0.200. The minimum Gasteiger partial charge on any atom is -0.497 e. The van der Waals surface area contributed by atoms with Crippen LogP contribution in [0.25, 0.3) is 11.1 Å². The van der Waals surface area contributed by atoms with Crippen molar-refractivity contribution in [3.63, 3.8) is 0 Å². The molecular weight excluding hydrogens is 304 g/mol. The molecule has 22 heavy (non-hydrogen) atoms. The average Bonchev–Trinajstić information content (AvgIpc) is 2.45. The molecule has 114 valence electrons. The Balaban J connectivity index is 2.91. The molecule has 0 saturated carbocycles. The predicted molar refractivity (Wildman–Crippen MR) is 81.6 cm³/mol. The van der Waals surface area contributed by atoms with Crippen LogP contribution in [-0.4, -0.2) is 26.8 Å². The summed E-state index contributed by atoms with van der Waals surface area (Å²) >= 11 is 0. The Morgan fingerprint density at radius 3 is 2.45 bits per heavy atom. The molecule has 0 aliphatic heterocycles. The number of aromatic nitrogens is 1. The van der Waals surface area contributed by atoms with E-state index in [9.17, 15) is 18.5 Å². The van der Waals surface area contributed by atoms with Gasteiger partial charge in [-0.05, 0) is 31.2 Å². The minimum absolute atomic E-state index is 0.00773. The fourth-order valence-corrected chi connectivity index (χ4v) is 3.08. The van der Waals surface area contributed by atoms with Gasteiger partial charge in [0.05, 0.1) is 12.0 Å². The van der Waals surface area contributed by atoms with Gasteiger partial charge in [-0.1, -0.05) is 0 Å². The van der Waals surface area contributed by atoms with Gasteiger partial charge in [0.15, 0.2) is 9.84 Å². The van der Waals surface area contributed by atoms with Gasteiger partial charge < -0.3 is 9.72 Å². The molecule has 1 aromatic heterocycles. The lowest BCUT2D eigenvalue weighted by atomic mass is 10.0. The normalized spacial score (nSPS) is 11.0. The molecule has 0 bridgehead atoms. The number of sulfone groups is 1. The van der Waals surface area contributed by atoms with E-state index in [-0.39, 0.29) is 16.0 Å². The van der Waals surface area contributed by atoms with Crippen LogP contribution >= 0.6 is 0 Å². The van der Waals surface area contributed by atoms with Crippen LogP contribution in [0, 0.1) is 18.3 Å². The van der Waals surface area contributed by atoms with Crippen molar-refractivity contribution < 1.29 is 13.2 Å². The van der Waals surface area contributed by atoms with Crippen molar-refractivity contribution in [1.29, 1.82) is 5.26 Å². The van der Waals surface area contributed by atoms with Crippen molar-refractivity contribution in [3.8, 4) is 22.9 Å². The first kappa shape index (κ1) is 15.8. The summed E-state index contributed by atoms with van der Waals surface area (Å²) < 4.78 is 29.1. The number of hydrogen-bond acceptors (Lipinski definition) is 5. The minimum atomic E-state index is -3.57. The van der Waals surface area contributed by atoms with Crippen LogP contribution in [0.2, 0.25) is 0 Å². The van der Waals surface area contributed by atoms with Crippen LogP contribution in [0.4, 0.5) is 0 Å². The highest BCUT2D eigenvalue weighted by molar-refractivity contribution is 7.90. The highest BCUT2D eigenvalue weighted by Crippen LogP contribution is 2.32. The number of H-pyrrole nitrogens is 1. The standard InChI is InChI=1S/C15H14N2O4S/c1-9-6-12(13(8-16)15(18)17-9)11-5-4-10(21-2)7-14(11)22(3,19)20/h4-7H,1-3H3,(H,17,18). The number of benzene rings is 1. The van der Waals surface area contributed by atoms with E-state index in [4.69, 9.17) is 4.74 Å². The highest BCUT2D eigenvalue weighted by atomic mass is 32.2. The SMILES string of the molecule is COc1ccc(-c2cc(C)[nH]c(=O)c2C#N)c(S(C)(=O)=O)c1. The fourth-order valence-electron chi connectivity index (χ4n) is 2.17. The number of nitrogens with one attached hydrogen (secondary N) is 1. The number of rotatable bonds is 3. The van der Waals surface area contributed by atoms with Gasteiger partial charge in [0.2, 0.25) is 0 Å². The number of pyridine rings is 1. The molecule has 0 atom stereocenters. The van der Waals surface area contributed by atoms with Crippen LogP contribution in [0.5, 0.6) is 5.75 Å². The largest absolute Gasteiger partial charge is 0.497 e. The molecule has 6 nitrogen and oxygen atoms in total. The summed E-state index contributed by atoms with van der Waals surface area (Å²) in [5.41, 5.74) is 0.448. The lowest BCUT2D eigenvalue weighted by molar-refractivity contribution is 0.413. The third kappa shape index (κ3) is 2.87. The lowest BCUT2D eigenvalue weighted by Gasteiger charge is -2.12. The number of hydrogen-bond donors (Lipinski definition) is 1. The third-order valence-corrected chi connectivity index (χ3v) is 4.29. The first-order chi connectivity index (χ1) is 10.3. The molecule has 2 aromatic rings. The quantitative estimate of drug-likeness (QED) is 0.927. The van der Waals surface area contributed by atoms with Gasteiger partial charge in [0.1, 0.15) is 17.4 Å². The van der Waals surface area contributed by atoms with E-state index < -0.39 is 15.4 Å². The maximum absolute atomic E-state index is 12.0. The molecule has 1 N–H and O–H groups in total. The Morgan fingerprint density at radius 2 is 1.91 bits per heavy atom. The second-order valence-corrected chi connectivity index (χ2v) is 6.80. The van der Waals surface area contributed by atoms with Crippen LogP contribution < -0.4 is 10.3 Å². The van der Waals surface area contributed by atoms with E-state index in [0.717, 1.165) is 6.26 Å². The Morgan fingerprint density at radius 1 is 1.23 bits per heavy atom. The summed E-state index contributed by atoms with van der Waals surface area (Å²) in [7, 11) is -2.14. The number of ether oxygens (including phenoxy) is 1. The molecule has 0 saturated heterocycles. The number of nitriles is 1. The second kappa shape index (κ2) is 5.66. The van der Waals surface area contributed by atoms with Crippen molar-refractivity contribution in [3.05, 3.63) is 45.9 Å².